The highest BCUT2D eigenvalue weighted by molar-refractivity contribution is 5.98. The van der Waals surface area contributed by atoms with Gasteiger partial charge < -0.3 is 20.6 Å². The number of anilines is 1. The van der Waals surface area contributed by atoms with Crippen LogP contribution in [-0.4, -0.2) is 36.7 Å². The minimum absolute atomic E-state index is 0.0450. The summed E-state index contributed by atoms with van der Waals surface area (Å²) in [6.07, 6.45) is 0.894. The summed E-state index contributed by atoms with van der Waals surface area (Å²) in [4.78, 5) is 13.9. The number of rotatable bonds is 3. The Hall–Kier alpha value is -2.08. The molecule has 1 fully saturated rings. The molecule has 0 saturated carbocycles. The van der Waals surface area contributed by atoms with E-state index in [4.69, 9.17) is 15.7 Å². The number of hydrogen-bond acceptors (Lipinski definition) is 4. The molecule has 0 aliphatic carbocycles. The summed E-state index contributed by atoms with van der Waals surface area (Å²) in [6.45, 7) is 2.45. The summed E-state index contributed by atoms with van der Waals surface area (Å²) >= 11 is 0. The van der Waals surface area contributed by atoms with Crippen LogP contribution in [0.3, 0.4) is 0 Å². The number of nitrogens with zero attached hydrogens (tertiary/aromatic N) is 2. The third-order valence-electron chi connectivity index (χ3n) is 3.54. The molecule has 1 aliphatic heterocycles. The molecule has 2 unspecified atom stereocenters. The quantitative estimate of drug-likeness (QED) is 0.376. The Bertz CT molecular complexity index is 513. The summed E-state index contributed by atoms with van der Waals surface area (Å²) in [6, 6.07) is 6.96. The minimum Gasteiger partial charge on any atom is -0.409 e. The van der Waals surface area contributed by atoms with Gasteiger partial charge in [-0.05, 0) is 37.6 Å². The first-order valence-electron chi connectivity index (χ1n) is 6.50. The number of carbonyl (C=O) groups is 1. The zero-order valence-electron chi connectivity index (χ0n) is 11.6. The Labute approximate surface area is 117 Å². The van der Waals surface area contributed by atoms with E-state index in [0.29, 0.717) is 12.2 Å². The summed E-state index contributed by atoms with van der Waals surface area (Å²) in [7, 11) is 1.74. The maximum atomic E-state index is 12.3. The molecule has 0 radical (unpaired) electrons. The van der Waals surface area contributed by atoms with E-state index in [9.17, 15) is 4.79 Å². The Morgan fingerprint density at radius 3 is 2.60 bits per heavy atom. The van der Waals surface area contributed by atoms with Gasteiger partial charge in [0.15, 0.2) is 5.84 Å². The van der Waals surface area contributed by atoms with Gasteiger partial charge in [0, 0.05) is 18.3 Å². The van der Waals surface area contributed by atoms with Gasteiger partial charge in [0.25, 0.3) is 0 Å². The highest BCUT2D eigenvalue weighted by atomic mass is 16.5. The molecule has 2 atom stereocenters. The molecule has 0 aromatic heterocycles. The number of oxime groups is 1. The SMILES string of the molecule is CC1CC(C(=O)N(C)c2ccc(/C(N)=N/O)cc2)CO1. The smallest absolute Gasteiger partial charge is 0.232 e. The minimum atomic E-state index is -0.0845. The van der Waals surface area contributed by atoms with Gasteiger partial charge in [-0.25, -0.2) is 0 Å². The van der Waals surface area contributed by atoms with E-state index in [0.717, 1.165) is 12.1 Å². The zero-order valence-corrected chi connectivity index (χ0v) is 11.6. The van der Waals surface area contributed by atoms with E-state index in [1.54, 1.807) is 36.2 Å². The predicted octanol–water partition coefficient (Wildman–Crippen LogP) is 1.17. The van der Waals surface area contributed by atoms with Crippen LogP contribution in [0.1, 0.15) is 18.9 Å². The van der Waals surface area contributed by atoms with Crippen LogP contribution >= 0.6 is 0 Å². The molecule has 1 aromatic carbocycles. The van der Waals surface area contributed by atoms with Crippen molar-refractivity contribution in [3.05, 3.63) is 29.8 Å². The second-order valence-corrected chi connectivity index (χ2v) is 5.01. The second-order valence-electron chi connectivity index (χ2n) is 5.01. The van der Waals surface area contributed by atoms with E-state index in [2.05, 4.69) is 5.16 Å². The molecule has 1 aliphatic rings. The van der Waals surface area contributed by atoms with Gasteiger partial charge in [0.2, 0.25) is 5.91 Å². The topological polar surface area (TPSA) is 88.2 Å². The average molecular weight is 277 g/mol. The van der Waals surface area contributed by atoms with Gasteiger partial charge in [-0.15, -0.1) is 0 Å². The first-order valence-corrected chi connectivity index (χ1v) is 6.50. The fraction of sp³-hybridized carbons (Fsp3) is 0.429. The van der Waals surface area contributed by atoms with E-state index >= 15 is 0 Å². The molecular weight excluding hydrogens is 258 g/mol. The van der Waals surface area contributed by atoms with Crippen molar-refractivity contribution >= 4 is 17.4 Å². The molecule has 1 saturated heterocycles. The lowest BCUT2D eigenvalue weighted by Gasteiger charge is -2.20. The molecule has 1 heterocycles. The van der Waals surface area contributed by atoms with Crippen LogP contribution in [0.25, 0.3) is 0 Å². The molecule has 2 rings (SSSR count). The molecular formula is C14H19N3O3. The van der Waals surface area contributed by atoms with Crippen LogP contribution in [0.2, 0.25) is 0 Å². The van der Waals surface area contributed by atoms with Gasteiger partial charge in [0.1, 0.15) is 0 Å². The maximum Gasteiger partial charge on any atom is 0.232 e. The number of benzene rings is 1. The van der Waals surface area contributed by atoms with E-state index < -0.39 is 0 Å². The number of nitrogens with two attached hydrogens (primary N) is 1. The number of amides is 1. The molecule has 1 amide bonds. The fourth-order valence-electron chi connectivity index (χ4n) is 2.30. The molecule has 108 valence electrons. The molecule has 6 heteroatoms. The Morgan fingerprint density at radius 2 is 2.10 bits per heavy atom. The Balaban J connectivity index is 2.09. The van der Waals surface area contributed by atoms with Crippen LogP contribution in [0.15, 0.2) is 29.4 Å². The number of carbonyl (C=O) groups excluding carboxylic acids is 1. The third kappa shape index (κ3) is 2.91. The lowest BCUT2D eigenvalue weighted by molar-refractivity contribution is -0.122. The summed E-state index contributed by atoms with van der Waals surface area (Å²) < 4.78 is 5.43. The normalized spacial score (nSPS) is 22.8. The zero-order chi connectivity index (χ0) is 14.7. The summed E-state index contributed by atoms with van der Waals surface area (Å²) in [5.41, 5.74) is 6.87. The number of amidine groups is 1. The van der Waals surface area contributed by atoms with Gasteiger partial charge in [-0.2, -0.15) is 0 Å². The standard InChI is InChI=1S/C14H19N3O3/c1-9-7-11(8-20-9)14(18)17(2)12-5-3-10(4-6-12)13(15)16-19/h3-6,9,11,19H,7-8H2,1-2H3,(H2,15,16). The fourth-order valence-corrected chi connectivity index (χ4v) is 2.30. The molecule has 0 bridgehead atoms. The van der Waals surface area contributed by atoms with Crippen molar-refractivity contribution in [2.24, 2.45) is 16.8 Å². The van der Waals surface area contributed by atoms with Gasteiger partial charge in [-0.1, -0.05) is 5.16 Å². The van der Waals surface area contributed by atoms with Crippen molar-refractivity contribution in [1.29, 1.82) is 0 Å². The first-order chi connectivity index (χ1) is 9.52. The molecule has 1 aromatic rings. The second kappa shape index (κ2) is 5.92. The van der Waals surface area contributed by atoms with Crippen LogP contribution in [0.5, 0.6) is 0 Å². The lowest BCUT2D eigenvalue weighted by atomic mass is 10.0. The van der Waals surface area contributed by atoms with Crippen molar-refractivity contribution in [2.45, 2.75) is 19.4 Å². The molecule has 3 N–H and O–H groups in total. The molecule has 20 heavy (non-hydrogen) atoms. The van der Waals surface area contributed by atoms with Crippen molar-refractivity contribution in [1.82, 2.24) is 0 Å². The third-order valence-corrected chi connectivity index (χ3v) is 3.54. The Morgan fingerprint density at radius 1 is 1.45 bits per heavy atom. The van der Waals surface area contributed by atoms with E-state index in [-0.39, 0.29) is 23.8 Å². The van der Waals surface area contributed by atoms with E-state index in [1.807, 2.05) is 6.92 Å². The number of hydrogen-bond donors (Lipinski definition) is 2. The molecule has 0 spiro atoms. The van der Waals surface area contributed by atoms with Crippen molar-refractivity contribution in [2.75, 3.05) is 18.6 Å². The predicted molar refractivity (Wildman–Crippen MR) is 75.9 cm³/mol. The van der Waals surface area contributed by atoms with Crippen LogP contribution in [-0.2, 0) is 9.53 Å². The highest BCUT2D eigenvalue weighted by Gasteiger charge is 2.30. The van der Waals surface area contributed by atoms with Crippen LogP contribution < -0.4 is 10.6 Å². The van der Waals surface area contributed by atoms with E-state index in [1.165, 1.54) is 0 Å². The van der Waals surface area contributed by atoms with Gasteiger partial charge >= 0.3 is 0 Å². The largest absolute Gasteiger partial charge is 0.409 e. The first kappa shape index (κ1) is 14.3. The van der Waals surface area contributed by atoms with Crippen molar-refractivity contribution in [3.63, 3.8) is 0 Å². The average Bonchev–Trinajstić information content (AvgIpc) is 2.91. The van der Waals surface area contributed by atoms with Crippen LogP contribution in [0.4, 0.5) is 5.69 Å². The highest BCUT2D eigenvalue weighted by Crippen LogP contribution is 2.23. The summed E-state index contributed by atoms with van der Waals surface area (Å²) in [5.74, 6) is 0.00759. The van der Waals surface area contributed by atoms with Crippen LogP contribution in [0, 0.1) is 5.92 Å². The van der Waals surface area contributed by atoms with Crippen molar-refractivity contribution < 1.29 is 14.7 Å². The maximum absolute atomic E-state index is 12.3. The van der Waals surface area contributed by atoms with Gasteiger partial charge in [0.05, 0.1) is 18.6 Å². The lowest BCUT2D eigenvalue weighted by Crippen LogP contribution is -2.33. The molecule has 6 nitrogen and oxygen atoms in total. The Kier molecular flexibility index (Phi) is 4.24. The monoisotopic (exact) mass is 277 g/mol. The summed E-state index contributed by atoms with van der Waals surface area (Å²) in [5, 5.41) is 11.5. The van der Waals surface area contributed by atoms with Gasteiger partial charge in [-0.3, -0.25) is 4.79 Å². The van der Waals surface area contributed by atoms with Crippen molar-refractivity contribution in [3.8, 4) is 0 Å². The number of ether oxygens (including phenoxy) is 1.